The van der Waals surface area contributed by atoms with E-state index in [1.807, 2.05) is 18.2 Å². The van der Waals surface area contributed by atoms with E-state index >= 15 is 0 Å². The second-order valence-electron chi connectivity index (χ2n) is 4.04. The molecule has 1 saturated heterocycles. The number of hydrogen-bond donors (Lipinski definition) is 1. The van der Waals surface area contributed by atoms with E-state index in [1.54, 1.807) is 7.11 Å². The molecule has 16 heavy (non-hydrogen) atoms. The van der Waals surface area contributed by atoms with Crippen molar-refractivity contribution in [2.24, 2.45) is 0 Å². The standard InChI is InChI=1S/C12H16ClNO2/c1-16-12-3-2-9(8-11(12)13)14-6-4-10(15)5-7-14/h2-3,8,10,15H,4-7H2,1H3. The summed E-state index contributed by atoms with van der Waals surface area (Å²) in [6, 6.07) is 5.79. The van der Waals surface area contributed by atoms with E-state index in [0.29, 0.717) is 10.8 Å². The lowest BCUT2D eigenvalue weighted by Crippen LogP contribution is -2.35. The number of anilines is 1. The number of halogens is 1. The molecule has 4 heteroatoms. The van der Waals surface area contributed by atoms with Gasteiger partial charge >= 0.3 is 0 Å². The lowest BCUT2D eigenvalue weighted by atomic mass is 10.1. The molecule has 0 aromatic heterocycles. The molecule has 0 spiro atoms. The highest BCUT2D eigenvalue weighted by atomic mass is 35.5. The van der Waals surface area contributed by atoms with Crippen LogP contribution in [0.15, 0.2) is 18.2 Å². The van der Waals surface area contributed by atoms with Crippen molar-refractivity contribution in [1.29, 1.82) is 0 Å². The Kier molecular flexibility index (Phi) is 3.56. The van der Waals surface area contributed by atoms with E-state index in [1.165, 1.54) is 0 Å². The van der Waals surface area contributed by atoms with Crippen molar-refractivity contribution in [1.82, 2.24) is 0 Å². The smallest absolute Gasteiger partial charge is 0.137 e. The molecule has 0 saturated carbocycles. The monoisotopic (exact) mass is 241 g/mol. The van der Waals surface area contributed by atoms with Gasteiger partial charge in [0.1, 0.15) is 5.75 Å². The second kappa shape index (κ2) is 4.93. The number of hydrogen-bond acceptors (Lipinski definition) is 3. The summed E-state index contributed by atoms with van der Waals surface area (Å²) < 4.78 is 5.11. The van der Waals surface area contributed by atoms with Crippen LogP contribution in [0, 0.1) is 0 Å². The fourth-order valence-corrected chi connectivity index (χ4v) is 2.23. The van der Waals surface area contributed by atoms with Crippen molar-refractivity contribution in [3.8, 4) is 5.75 Å². The van der Waals surface area contributed by atoms with Crippen LogP contribution in [0.3, 0.4) is 0 Å². The van der Waals surface area contributed by atoms with Gasteiger partial charge in [0.25, 0.3) is 0 Å². The van der Waals surface area contributed by atoms with E-state index in [9.17, 15) is 5.11 Å². The van der Waals surface area contributed by atoms with Crippen LogP contribution in [0.25, 0.3) is 0 Å². The molecule has 1 N–H and O–H groups in total. The highest BCUT2D eigenvalue weighted by Gasteiger charge is 2.17. The van der Waals surface area contributed by atoms with Gasteiger partial charge in [0, 0.05) is 18.8 Å². The van der Waals surface area contributed by atoms with Crippen molar-refractivity contribution in [3.05, 3.63) is 23.2 Å². The summed E-state index contributed by atoms with van der Waals surface area (Å²) in [5.41, 5.74) is 1.10. The number of rotatable bonds is 2. The molecule has 0 aliphatic carbocycles. The van der Waals surface area contributed by atoms with Crippen LogP contribution in [0.2, 0.25) is 5.02 Å². The van der Waals surface area contributed by atoms with Gasteiger partial charge in [-0.05, 0) is 31.0 Å². The summed E-state index contributed by atoms with van der Waals surface area (Å²) in [6.45, 7) is 1.76. The fourth-order valence-electron chi connectivity index (χ4n) is 1.98. The number of ether oxygens (including phenoxy) is 1. The van der Waals surface area contributed by atoms with Crippen molar-refractivity contribution in [2.45, 2.75) is 18.9 Å². The Hall–Kier alpha value is -0.930. The lowest BCUT2D eigenvalue weighted by Gasteiger charge is -2.31. The third-order valence-electron chi connectivity index (χ3n) is 2.97. The van der Waals surface area contributed by atoms with E-state index < -0.39 is 0 Å². The van der Waals surface area contributed by atoms with Crippen LogP contribution in [0.4, 0.5) is 5.69 Å². The van der Waals surface area contributed by atoms with Crippen LogP contribution < -0.4 is 9.64 Å². The van der Waals surface area contributed by atoms with E-state index in [0.717, 1.165) is 31.6 Å². The van der Waals surface area contributed by atoms with Gasteiger partial charge < -0.3 is 14.7 Å². The first-order valence-corrected chi connectivity index (χ1v) is 5.85. The van der Waals surface area contributed by atoms with Crippen molar-refractivity contribution < 1.29 is 9.84 Å². The zero-order chi connectivity index (χ0) is 11.5. The molecule has 1 heterocycles. The van der Waals surface area contributed by atoms with E-state index in [2.05, 4.69) is 4.90 Å². The maximum Gasteiger partial charge on any atom is 0.137 e. The predicted molar refractivity (Wildman–Crippen MR) is 65.5 cm³/mol. The van der Waals surface area contributed by atoms with Gasteiger partial charge in [0.05, 0.1) is 18.2 Å². The van der Waals surface area contributed by atoms with Crippen LogP contribution in [0.5, 0.6) is 5.75 Å². The zero-order valence-corrected chi connectivity index (χ0v) is 10.1. The maximum absolute atomic E-state index is 9.44. The second-order valence-corrected chi connectivity index (χ2v) is 4.44. The molecular weight excluding hydrogens is 226 g/mol. The molecule has 0 bridgehead atoms. The Bertz CT molecular complexity index is 362. The Balaban J connectivity index is 2.12. The minimum Gasteiger partial charge on any atom is -0.495 e. The average molecular weight is 242 g/mol. The quantitative estimate of drug-likeness (QED) is 0.863. The first-order valence-electron chi connectivity index (χ1n) is 5.47. The molecule has 0 radical (unpaired) electrons. The summed E-state index contributed by atoms with van der Waals surface area (Å²) in [6.07, 6.45) is 1.50. The Morgan fingerprint density at radius 1 is 1.38 bits per heavy atom. The Morgan fingerprint density at radius 2 is 2.06 bits per heavy atom. The predicted octanol–water partition coefficient (Wildman–Crippen LogP) is 2.31. The number of piperidine rings is 1. The molecule has 1 fully saturated rings. The van der Waals surface area contributed by atoms with Crippen molar-refractivity contribution in [3.63, 3.8) is 0 Å². The van der Waals surface area contributed by atoms with Crippen LogP contribution in [-0.2, 0) is 0 Å². The van der Waals surface area contributed by atoms with Crippen LogP contribution in [-0.4, -0.2) is 31.4 Å². The molecule has 2 rings (SSSR count). The largest absolute Gasteiger partial charge is 0.495 e. The Labute approximate surface area is 101 Å². The minimum atomic E-state index is -0.148. The lowest BCUT2D eigenvalue weighted by molar-refractivity contribution is 0.145. The number of methoxy groups -OCH3 is 1. The molecule has 1 aromatic rings. The fraction of sp³-hybridized carbons (Fsp3) is 0.500. The number of aliphatic hydroxyl groups is 1. The number of benzene rings is 1. The summed E-state index contributed by atoms with van der Waals surface area (Å²) in [5.74, 6) is 0.697. The van der Waals surface area contributed by atoms with Crippen molar-refractivity contribution >= 4 is 17.3 Å². The van der Waals surface area contributed by atoms with Gasteiger partial charge in [-0.3, -0.25) is 0 Å². The summed E-state index contributed by atoms with van der Waals surface area (Å²) in [7, 11) is 1.61. The molecule has 1 aliphatic rings. The first kappa shape index (κ1) is 11.6. The average Bonchev–Trinajstić information content (AvgIpc) is 2.30. The number of aliphatic hydroxyl groups excluding tert-OH is 1. The van der Waals surface area contributed by atoms with Gasteiger partial charge in [0.15, 0.2) is 0 Å². The maximum atomic E-state index is 9.44. The SMILES string of the molecule is COc1ccc(N2CCC(O)CC2)cc1Cl. The summed E-state index contributed by atoms with van der Waals surface area (Å²) in [5, 5.41) is 10.1. The van der Waals surface area contributed by atoms with Gasteiger partial charge in [-0.2, -0.15) is 0 Å². The van der Waals surface area contributed by atoms with E-state index in [-0.39, 0.29) is 6.10 Å². The summed E-state index contributed by atoms with van der Waals surface area (Å²) in [4.78, 5) is 2.23. The molecule has 0 atom stereocenters. The molecule has 0 unspecified atom stereocenters. The minimum absolute atomic E-state index is 0.148. The van der Waals surface area contributed by atoms with Crippen molar-refractivity contribution in [2.75, 3.05) is 25.1 Å². The van der Waals surface area contributed by atoms with E-state index in [4.69, 9.17) is 16.3 Å². The number of nitrogens with zero attached hydrogens (tertiary/aromatic N) is 1. The highest BCUT2D eigenvalue weighted by Crippen LogP contribution is 2.30. The first-order chi connectivity index (χ1) is 7.70. The molecule has 3 nitrogen and oxygen atoms in total. The summed E-state index contributed by atoms with van der Waals surface area (Å²) >= 11 is 6.08. The van der Waals surface area contributed by atoms with Gasteiger partial charge in [-0.25, -0.2) is 0 Å². The molecule has 0 amide bonds. The van der Waals surface area contributed by atoms with Gasteiger partial charge in [-0.1, -0.05) is 11.6 Å². The Morgan fingerprint density at radius 3 is 2.62 bits per heavy atom. The normalized spacial score (nSPS) is 17.6. The van der Waals surface area contributed by atoms with Gasteiger partial charge in [0.2, 0.25) is 0 Å². The van der Waals surface area contributed by atoms with Gasteiger partial charge in [-0.15, -0.1) is 0 Å². The molecule has 88 valence electrons. The topological polar surface area (TPSA) is 32.7 Å². The molecular formula is C12H16ClNO2. The third kappa shape index (κ3) is 2.42. The van der Waals surface area contributed by atoms with Crippen LogP contribution in [0.1, 0.15) is 12.8 Å². The third-order valence-corrected chi connectivity index (χ3v) is 3.26. The molecule has 1 aromatic carbocycles. The molecule has 1 aliphatic heterocycles. The highest BCUT2D eigenvalue weighted by molar-refractivity contribution is 6.32. The van der Waals surface area contributed by atoms with Crippen LogP contribution >= 0.6 is 11.6 Å². The zero-order valence-electron chi connectivity index (χ0n) is 9.32.